The van der Waals surface area contributed by atoms with Crippen molar-refractivity contribution in [1.82, 2.24) is 10.4 Å². The lowest BCUT2D eigenvalue weighted by Gasteiger charge is -1.64. The zero-order chi connectivity index (χ0) is 3.86. The van der Waals surface area contributed by atoms with E-state index in [2.05, 4.69) is 5.43 Å². The van der Waals surface area contributed by atoms with E-state index in [1.165, 1.54) is 5.01 Å². The molecule has 3 nitrogen and oxygen atoms in total. The number of urea groups is 1. The third kappa shape index (κ3) is 0.190. The first-order chi connectivity index (χ1) is 2.30. The van der Waals surface area contributed by atoms with Crippen molar-refractivity contribution in [1.29, 1.82) is 0 Å². The van der Waals surface area contributed by atoms with Gasteiger partial charge >= 0.3 is 6.03 Å². The van der Waals surface area contributed by atoms with E-state index in [9.17, 15) is 4.79 Å². The van der Waals surface area contributed by atoms with Gasteiger partial charge in [0.25, 0.3) is 0 Å². The molecule has 1 rings (SSSR count). The number of amides is 2. The van der Waals surface area contributed by atoms with Crippen LogP contribution in [0.15, 0.2) is 0 Å². The molecule has 0 spiro atoms. The number of hydrogen-bond acceptors (Lipinski definition) is 1. The second-order valence-corrected chi connectivity index (χ2v) is 0.976. The number of nitrogens with one attached hydrogen (secondary N) is 1. The van der Waals surface area contributed by atoms with Gasteiger partial charge in [0.1, 0.15) is 0 Å². The lowest BCUT2D eigenvalue weighted by molar-refractivity contribution is 0.260. The lowest BCUT2D eigenvalue weighted by atomic mass is 11.2. The number of carbonyl (C=O) groups excluding carboxylic acids is 1. The van der Waals surface area contributed by atoms with Crippen molar-refractivity contribution < 1.29 is 4.79 Å². The second kappa shape index (κ2) is 0.429. The van der Waals surface area contributed by atoms with Gasteiger partial charge < -0.3 is 0 Å². The van der Waals surface area contributed by atoms with Gasteiger partial charge in [0.05, 0.1) is 0 Å². The monoisotopic (exact) mass is 72.0 g/mol. The van der Waals surface area contributed by atoms with Crippen molar-refractivity contribution in [3.05, 3.63) is 0 Å². The predicted octanol–water partition coefficient (Wildman–Crippen LogP) is -0.444. The van der Waals surface area contributed by atoms with E-state index < -0.39 is 0 Å². The SMILES string of the molecule is CN1NC1=O. The average molecular weight is 72.1 g/mol. The molecule has 0 aliphatic carbocycles. The van der Waals surface area contributed by atoms with E-state index in [0.29, 0.717) is 0 Å². The van der Waals surface area contributed by atoms with Crippen LogP contribution in [0.3, 0.4) is 0 Å². The van der Waals surface area contributed by atoms with Crippen molar-refractivity contribution in [3.63, 3.8) is 0 Å². The van der Waals surface area contributed by atoms with Crippen LogP contribution in [-0.4, -0.2) is 18.1 Å². The molecule has 1 N–H and O–H groups in total. The van der Waals surface area contributed by atoms with E-state index >= 15 is 0 Å². The maximum Gasteiger partial charge on any atom is 0.354 e. The molecule has 1 saturated heterocycles. The lowest BCUT2D eigenvalue weighted by Crippen LogP contribution is -1.84. The summed E-state index contributed by atoms with van der Waals surface area (Å²) < 4.78 is 0. The summed E-state index contributed by atoms with van der Waals surface area (Å²) in [5, 5.41) is 1.40. The van der Waals surface area contributed by atoms with Crippen LogP contribution in [0, 0.1) is 0 Å². The predicted molar refractivity (Wildman–Crippen MR) is 16.3 cm³/mol. The summed E-state index contributed by atoms with van der Waals surface area (Å²) in [4.78, 5) is 9.70. The fourth-order valence-corrected chi connectivity index (χ4v) is 0.118. The molecular formula is C2H4N2O. The Hall–Kier alpha value is -0.730. The number of hydrogen-bond donors (Lipinski definition) is 1. The van der Waals surface area contributed by atoms with Gasteiger partial charge in [0.15, 0.2) is 0 Å². The van der Waals surface area contributed by atoms with E-state index in [0.717, 1.165) is 0 Å². The van der Waals surface area contributed by atoms with Crippen LogP contribution >= 0.6 is 0 Å². The van der Waals surface area contributed by atoms with Crippen molar-refractivity contribution in [2.75, 3.05) is 7.05 Å². The summed E-state index contributed by atoms with van der Waals surface area (Å²) >= 11 is 0. The van der Waals surface area contributed by atoms with Gasteiger partial charge in [0.2, 0.25) is 0 Å². The van der Waals surface area contributed by atoms with Crippen molar-refractivity contribution in [2.45, 2.75) is 0 Å². The highest BCUT2D eigenvalue weighted by molar-refractivity contribution is 5.85. The van der Waals surface area contributed by atoms with Gasteiger partial charge in [-0.2, -0.15) is 0 Å². The molecule has 0 atom stereocenters. The molecule has 1 aliphatic heterocycles. The quantitative estimate of drug-likeness (QED) is 0.387. The van der Waals surface area contributed by atoms with Crippen LogP contribution < -0.4 is 5.43 Å². The zero-order valence-electron chi connectivity index (χ0n) is 2.86. The minimum absolute atomic E-state index is 0.00463. The number of carbonyl (C=O) groups is 1. The van der Waals surface area contributed by atoms with Gasteiger partial charge in [-0.1, -0.05) is 0 Å². The Bertz CT molecular complexity index is 70.0. The summed E-state index contributed by atoms with van der Waals surface area (Å²) in [6, 6.07) is 0.00463. The van der Waals surface area contributed by atoms with E-state index in [-0.39, 0.29) is 6.03 Å². The molecule has 28 valence electrons. The Morgan fingerprint density at radius 1 is 2.00 bits per heavy atom. The van der Waals surface area contributed by atoms with Gasteiger partial charge in [-0.3, -0.25) is 0 Å². The molecule has 0 aromatic rings. The van der Waals surface area contributed by atoms with Crippen LogP contribution in [0.4, 0.5) is 4.79 Å². The molecule has 3 heteroatoms. The molecule has 1 heterocycles. The summed E-state index contributed by atoms with van der Waals surface area (Å²) in [7, 11) is 1.67. The minimum atomic E-state index is 0.00463. The number of nitrogens with zero attached hydrogens (tertiary/aromatic N) is 1. The normalized spacial score (nSPS) is 18.6. The Labute approximate surface area is 29.5 Å². The largest absolute Gasteiger partial charge is 0.354 e. The molecule has 1 fully saturated rings. The van der Waals surface area contributed by atoms with Crippen LogP contribution in [0.2, 0.25) is 0 Å². The summed E-state index contributed by atoms with van der Waals surface area (Å²) in [6.45, 7) is 0. The molecule has 0 aromatic carbocycles. The fraction of sp³-hybridized carbons (Fsp3) is 0.500. The van der Waals surface area contributed by atoms with Crippen LogP contribution in [-0.2, 0) is 0 Å². The summed E-state index contributed by atoms with van der Waals surface area (Å²) in [5.74, 6) is 0. The first kappa shape index (κ1) is 2.50. The smallest absolute Gasteiger partial charge is 0.245 e. The Kier molecular flexibility index (Phi) is 0.215. The topological polar surface area (TPSA) is 42.0 Å². The third-order valence-corrected chi connectivity index (χ3v) is 0.518. The molecule has 0 aromatic heterocycles. The highest BCUT2D eigenvalue weighted by Gasteiger charge is 2.21. The van der Waals surface area contributed by atoms with Crippen molar-refractivity contribution >= 4 is 6.03 Å². The first-order valence-electron chi connectivity index (χ1n) is 1.35. The molecule has 5 heavy (non-hydrogen) atoms. The molecule has 0 saturated carbocycles. The minimum Gasteiger partial charge on any atom is -0.245 e. The number of rotatable bonds is 0. The zero-order valence-corrected chi connectivity index (χ0v) is 2.86. The highest BCUT2D eigenvalue weighted by atomic mass is 16.2. The summed E-state index contributed by atoms with van der Waals surface area (Å²) in [5.41, 5.74) is 2.39. The average Bonchev–Trinajstić information content (AvgIpc) is 1.79. The molecular weight excluding hydrogens is 68.0 g/mol. The van der Waals surface area contributed by atoms with E-state index in [4.69, 9.17) is 0 Å². The third-order valence-electron chi connectivity index (χ3n) is 0.518. The fourth-order valence-electron chi connectivity index (χ4n) is 0.118. The van der Waals surface area contributed by atoms with Crippen molar-refractivity contribution in [2.24, 2.45) is 0 Å². The Balaban J connectivity index is 2.47. The van der Waals surface area contributed by atoms with Crippen LogP contribution in [0.25, 0.3) is 0 Å². The molecule has 0 unspecified atom stereocenters. The summed E-state index contributed by atoms with van der Waals surface area (Å²) in [6.07, 6.45) is 0. The van der Waals surface area contributed by atoms with Crippen LogP contribution in [0.5, 0.6) is 0 Å². The van der Waals surface area contributed by atoms with Gasteiger partial charge in [-0.05, 0) is 0 Å². The first-order valence-corrected chi connectivity index (χ1v) is 1.35. The molecule has 0 radical (unpaired) electrons. The molecule has 2 amide bonds. The standard InChI is InChI=1S/C2H4N2O/c1-4-2(5)3-4/h1H3,(H,3,5). The second-order valence-electron chi connectivity index (χ2n) is 0.976. The van der Waals surface area contributed by atoms with E-state index in [1.54, 1.807) is 7.05 Å². The maximum absolute atomic E-state index is 9.70. The number of hydrazine groups is 1. The maximum atomic E-state index is 9.70. The molecule has 1 aliphatic rings. The Morgan fingerprint density at radius 2 is 2.20 bits per heavy atom. The van der Waals surface area contributed by atoms with Crippen molar-refractivity contribution in [3.8, 4) is 0 Å². The highest BCUT2D eigenvalue weighted by Crippen LogP contribution is 1.89. The van der Waals surface area contributed by atoms with E-state index in [1.807, 2.05) is 0 Å². The van der Waals surface area contributed by atoms with Gasteiger partial charge in [0, 0.05) is 7.05 Å². The van der Waals surface area contributed by atoms with Gasteiger partial charge in [-0.15, -0.1) is 0 Å². The van der Waals surface area contributed by atoms with Gasteiger partial charge in [-0.25, -0.2) is 15.2 Å². The molecule has 0 bridgehead atoms. The van der Waals surface area contributed by atoms with Crippen LogP contribution in [0.1, 0.15) is 0 Å². The Morgan fingerprint density at radius 3 is 2.20 bits per heavy atom.